The molecule has 0 heterocycles. The fraction of sp³-hybridized carbons (Fsp3) is 0.875. The quantitative estimate of drug-likeness (QED) is 0.691. The fourth-order valence-electron chi connectivity index (χ4n) is 0.587. The summed E-state index contributed by atoms with van der Waals surface area (Å²) in [5.74, 6) is 0. The molecular formula is C8H17NO3. The second-order valence-electron chi connectivity index (χ2n) is 3.08. The van der Waals surface area contributed by atoms with Gasteiger partial charge in [-0.25, -0.2) is 4.79 Å². The van der Waals surface area contributed by atoms with Crippen molar-refractivity contribution in [3.05, 3.63) is 0 Å². The number of nitrogens with zero attached hydrogens (tertiary/aromatic N) is 1. The second kappa shape index (κ2) is 4.98. The molecule has 0 bridgehead atoms. The summed E-state index contributed by atoms with van der Waals surface area (Å²) in [4.78, 5) is 12.5. The van der Waals surface area contributed by atoms with Gasteiger partial charge >= 0.3 is 6.09 Å². The number of aliphatic hydroxyl groups is 1. The van der Waals surface area contributed by atoms with Gasteiger partial charge in [0.15, 0.2) is 0 Å². The number of carbonyl (C=O) groups is 1. The van der Waals surface area contributed by atoms with E-state index in [2.05, 4.69) is 0 Å². The molecule has 4 heteroatoms. The van der Waals surface area contributed by atoms with E-state index in [4.69, 9.17) is 9.84 Å². The van der Waals surface area contributed by atoms with Crippen LogP contribution in [0.3, 0.4) is 0 Å². The Morgan fingerprint density at radius 3 is 2.33 bits per heavy atom. The van der Waals surface area contributed by atoms with Gasteiger partial charge in [0.25, 0.3) is 0 Å². The molecule has 0 aliphatic heterocycles. The van der Waals surface area contributed by atoms with Crippen LogP contribution in [0.2, 0.25) is 0 Å². The van der Waals surface area contributed by atoms with Gasteiger partial charge in [0.05, 0.1) is 18.8 Å². The lowest BCUT2D eigenvalue weighted by Gasteiger charge is -2.23. The Morgan fingerprint density at radius 2 is 2.00 bits per heavy atom. The van der Waals surface area contributed by atoms with Crippen molar-refractivity contribution < 1.29 is 14.6 Å². The first-order valence-electron chi connectivity index (χ1n) is 4.03. The van der Waals surface area contributed by atoms with Crippen molar-refractivity contribution in [2.75, 3.05) is 13.7 Å². The molecule has 0 aromatic heterocycles. The van der Waals surface area contributed by atoms with E-state index in [1.807, 2.05) is 0 Å². The summed E-state index contributed by atoms with van der Waals surface area (Å²) in [5.41, 5.74) is 0. The van der Waals surface area contributed by atoms with Gasteiger partial charge in [0.2, 0.25) is 0 Å². The lowest BCUT2D eigenvalue weighted by molar-refractivity contribution is 0.0642. The van der Waals surface area contributed by atoms with Gasteiger partial charge in [-0.05, 0) is 20.8 Å². The highest BCUT2D eigenvalue weighted by atomic mass is 16.6. The second-order valence-corrected chi connectivity index (χ2v) is 3.08. The first-order valence-corrected chi connectivity index (χ1v) is 4.03. The number of likely N-dealkylation sites (N-methyl/N-ethyl adjacent to an activating group) is 1. The van der Waals surface area contributed by atoms with Crippen LogP contribution in [-0.2, 0) is 4.74 Å². The standard InChI is InChI=1S/C8H17NO3/c1-6(2)12-8(11)9(4)7(3)5-10/h6-7,10H,5H2,1-4H3. The summed E-state index contributed by atoms with van der Waals surface area (Å²) in [7, 11) is 1.60. The smallest absolute Gasteiger partial charge is 0.410 e. The van der Waals surface area contributed by atoms with Gasteiger partial charge in [-0.2, -0.15) is 0 Å². The van der Waals surface area contributed by atoms with Crippen molar-refractivity contribution in [3.8, 4) is 0 Å². The van der Waals surface area contributed by atoms with Gasteiger partial charge in [-0.1, -0.05) is 0 Å². The number of rotatable bonds is 3. The van der Waals surface area contributed by atoms with Crippen molar-refractivity contribution in [2.24, 2.45) is 0 Å². The van der Waals surface area contributed by atoms with Crippen molar-refractivity contribution in [3.63, 3.8) is 0 Å². The molecule has 0 aliphatic rings. The monoisotopic (exact) mass is 175 g/mol. The first-order chi connectivity index (χ1) is 5.49. The largest absolute Gasteiger partial charge is 0.447 e. The number of aliphatic hydroxyl groups excluding tert-OH is 1. The maximum Gasteiger partial charge on any atom is 0.410 e. The summed E-state index contributed by atoms with van der Waals surface area (Å²) in [6.07, 6.45) is -0.516. The molecule has 0 fully saturated rings. The van der Waals surface area contributed by atoms with E-state index in [1.54, 1.807) is 27.8 Å². The van der Waals surface area contributed by atoms with Crippen molar-refractivity contribution in [2.45, 2.75) is 32.9 Å². The van der Waals surface area contributed by atoms with E-state index in [1.165, 1.54) is 4.90 Å². The Morgan fingerprint density at radius 1 is 1.50 bits per heavy atom. The molecule has 0 aromatic rings. The van der Waals surface area contributed by atoms with E-state index in [0.29, 0.717) is 0 Å². The van der Waals surface area contributed by atoms with E-state index in [0.717, 1.165) is 0 Å². The third kappa shape index (κ3) is 3.57. The summed E-state index contributed by atoms with van der Waals surface area (Å²) < 4.78 is 4.91. The number of carbonyl (C=O) groups excluding carboxylic acids is 1. The summed E-state index contributed by atoms with van der Waals surface area (Å²) in [6, 6.07) is -0.198. The van der Waals surface area contributed by atoms with Gasteiger partial charge < -0.3 is 14.7 Å². The fourth-order valence-corrected chi connectivity index (χ4v) is 0.587. The predicted octanol–water partition coefficient (Wildman–Crippen LogP) is 0.844. The minimum absolute atomic E-state index is 0.0519. The Balaban J connectivity index is 3.92. The van der Waals surface area contributed by atoms with Crippen LogP contribution in [0.25, 0.3) is 0 Å². The highest BCUT2D eigenvalue weighted by Crippen LogP contribution is 2.00. The normalized spacial score (nSPS) is 12.8. The number of amides is 1. The van der Waals surface area contributed by atoms with E-state index < -0.39 is 6.09 Å². The van der Waals surface area contributed by atoms with Crippen molar-refractivity contribution in [1.82, 2.24) is 4.90 Å². The zero-order chi connectivity index (χ0) is 9.72. The van der Waals surface area contributed by atoms with Crippen LogP contribution in [-0.4, -0.2) is 41.9 Å². The molecule has 12 heavy (non-hydrogen) atoms. The lowest BCUT2D eigenvalue weighted by atomic mass is 10.3. The van der Waals surface area contributed by atoms with Gasteiger partial charge in [0, 0.05) is 7.05 Å². The number of hydrogen-bond acceptors (Lipinski definition) is 3. The van der Waals surface area contributed by atoms with E-state index in [9.17, 15) is 4.79 Å². The van der Waals surface area contributed by atoms with Crippen LogP contribution in [0.5, 0.6) is 0 Å². The molecule has 1 unspecified atom stereocenters. The third-order valence-electron chi connectivity index (χ3n) is 1.55. The maximum absolute atomic E-state index is 11.1. The zero-order valence-corrected chi connectivity index (χ0v) is 8.07. The Bertz CT molecular complexity index is 147. The van der Waals surface area contributed by atoms with Crippen LogP contribution in [0.15, 0.2) is 0 Å². The Kier molecular flexibility index (Phi) is 4.66. The lowest BCUT2D eigenvalue weighted by Crippen LogP contribution is -2.38. The topological polar surface area (TPSA) is 49.8 Å². The summed E-state index contributed by atoms with van der Waals surface area (Å²) in [6.45, 7) is 5.27. The molecule has 0 aromatic carbocycles. The van der Waals surface area contributed by atoms with E-state index >= 15 is 0 Å². The van der Waals surface area contributed by atoms with Crippen LogP contribution in [0, 0.1) is 0 Å². The van der Waals surface area contributed by atoms with E-state index in [-0.39, 0.29) is 18.8 Å². The van der Waals surface area contributed by atoms with Crippen LogP contribution in [0.4, 0.5) is 4.79 Å². The molecule has 1 amide bonds. The average Bonchev–Trinajstić information content (AvgIpc) is 2.00. The number of ether oxygens (including phenoxy) is 1. The molecule has 72 valence electrons. The third-order valence-corrected chi connectivity index (χ3v) is 1.55. The Labute approximate surface area is 73.1 Å². The molecular weight excluding hydrogens is 158 g/mol. The van der Waals surface area contributed by atoms with Crippen molar-refractivity contribution in [1.29, 1.82) is 0 Å². The maximum atomic E-state index is 11.1. The SMILES string of the molecule is CC(C)OC(=O)N(C)C(C)CO. The minimum Gasteiger partial charge on any atom is -0.447 e. The van der Waals surface area contributed by atoms with Crippen LogP contribution >= 0.6 is 0 Å². The zero-order valence-electron chi connectivity index (χ0n) is 8.07. The van der Waals surface area contributed by atoms with Gasteiger partial charge in [0.1, 0.15) is 0 Å². The Hall–Kier alpha value is -0.770. The summed E-state index contributed by atoms with van der Waals surface area (Å²) >= 11 is 0. The average molecular weight is 175 g/mol. The molecule has 0 aliphatic carbocycles. The molecule has 0 rings (SSSR count). The molecule has 4 nitrogen and oxygen atoms in total. The van der Waals surface area contributed by atoms with Gasteiger partial charge in [-0.15, -0.1) is 0 Å². The molecule has 0 saturated heterocycles. The molecule has 1 N–H and O–H groups in total. The molecule has 0 saturated carbocycles. The molecule has 1 atom stereocenters. The first kappa shape index (κ1) is 11.2. The van der Waals surface area contributed by atoms with Crippen LogP contribution in [0.1, 0.15) is 20.8 Å². The highest BCUT2D eigenvalue weighted by molar-refractivity contribution is 5.67. The van der Waals surface area contributed by atoms with Gasteiger partial charge in [-0.3, -0.25) is 0 Å². The predicted molar refractivity (Wildman–Crippen MR) is 45.9 cm³/mol. The molecule has 0 radical (unpaired) electrons. The van der Waals surface area contributed by atoms with Crippen LogP contribution < -0.4 is 0 Å². The molecule has 0 spiro atoms. The minimum atomic E-state index is -0.397. The summed E-state index contributed by atoms with van der Waals surface area (Å²) in [5, 5.41) is 8.74. The highest BCUT2D eigenvalue weighted by Gasteiger charge is 2.16. The number of hydrogen-bond donors (Lipinski definition) is 1. The van der Waals surface area contributed by atoms with Crippen molar-refractivity contribution >= 4 is 6.09 Å².